The van der Waals surface area contributed by atoms with E-state index >= 15 is 0 Å². The fourth-order valence-corrected chi connectivity index (χ4v) is 9.24. The van der Waals surface area contributed by atoms with Crippen molar-refractivity contribution in [1.82, 2.24) is 14.1 Å². The molecule has 3 heterocycles. The van der Waals surface area contributed by atoms with Crippen LogP contribution in [0.25, 0.3) is 0 Å². The van der Waals surface area contributed by atoms with Gasteiger partial charge in [0.05, 0.1) is 30.7 Å². The van der Waals surface area contributed by atoms with E-state index in [2.05, 4.69) is 0 Å². The van der Waals surface area contributed by atoms with Crippen molar-refractivity contribution >= 4 is 46.0 Å². The van der Waals surface area contributed by atoms with Gasteiger partial charge in [0.25, 0.3) is 0 Å². The molecule has 0 aliphatic carbocycles. The zero-order chi connectivity index (χ0) is 39.9. The molecular weight excluding hydrogens is 737 g/mol. The average molecular weight is 787 g/mol. The lowest BCUT2D eigenvalue weighted by molar-refractivity contribution is -0.165. The van der Waals surface area contributed by atoms with Crippen molar-refractivity contribution in [1.29, 1.82) is 0 Å². The van der Waals surface area contributed by atoms with E-state index in [-0.39, 0.29) is 18.7 Å². The molecule has 0 radical (unpaired) electrons. The molecule has 2 aromatic rings. The molecule has 5 rings (SSSR count). The van der Waals surface area contributed by atoms with Crippen LogP contribution in [-0.4, -0.2) is 99.4 Å². The van der Waals surface area contributed by atoms with E-state index in [9.17, 15) is 32.7 Å². The maximum atomic E-state index is 14.4. The molecule has 0 saturated carbocycles. The van der Waals surface area contributed by atoms with Crippen molar-refractivity contribution < 1.29 is 46.9 Å². The molecule has 0 bridgehead atoms. The topological polar surface area (TPSA) is 186 Å². The number of benzene rings is 2. The first-order valence-corrected chi connectivity index (χ1v) is 20.2. The minimum absolute atomic E-state index is 0.0463. The van der Waals surface area contributed by atoms with Crippen molar-refractivity contribution in [2.45, 2.75) is 103 Å². The summed E-state index contributed by atoms with van der Waals surface area (Å²) in [7, 11) is -4.63. The molecule has 3 N–H and O–H groups in total. The van der Waals surface area contributed by atoms with Gasteiger partial charge in [-0.1, -0.05) is 67.6 Å². The Labute approximate surface area is 321 Å². The second kappa shape index (κ2) is 15.6. The number of amides is 3. The van der Waals surface area contributed by atoms with Crippen molar-refractivity contribution in [3.05, 3.63) is 82.4 Å². The van der Waals surface area contributed by atoms with Crippen LogP contribution in [0.15, 0.2) is 71.3 Å². The van der Waals surface area contributed by atoms with Gasteiger partial charge in [-0.2, -0.15) is 12.7 Å². The highest BCUT2D eigenvalue weighted by molar-refractivity contribution is 8.03. The predicted molar refractivity (Wildman–Crippen MR) is 202 cm³/mol. The van der Waals surface area contributed by atoms with Gasteiger partial charge >= 0.3 is 28.4 Å². The molecule has 16 heteroatoms. The highest BCUT2D eigenvalue weighted by atomic mass is 32.2. The summed E-state index contributed by atoms with van der Waals surface area (Å²) in [4.78, 5) is 58.0. The number of carbonyl (C=O) groups excluding carboxylic acids is 4. The minimum atomic E-state index is -4.63. The quantitative estimate of drug-likeness (QED) is 0.189. The number of thioether (sulfide) groups is 1. The SMILES string of the molecule is C[C@@H](O)[C@H]1C(=O)N2C(C(=O)OC(c3ccccc3)c3ccccc3)=C(S[C@H]3C[C@@H](CN(C(=O)OC(C)(C)C)S(N)(=O)=O)N(C(=O)OC(C)(C)C)C3)[C@H](C)[C@H]12. The number of ether oxygens (including phenoxy) is 3. The number of nitrogens with zero attached hydrogens (tertiary/aromatic N) is 3. The van der Waals surface area contributed by atoms with Crippen LogP contribution in [0, 0.1) is 11.8 Å². The lowest BCUT2D eigenvalue weighted by Crippen LogP contribution is -2.63. The van der Waals surface area contributed by atoms with Crippen LogP contribution in [0.1, 0.15) is 79.0 Å². The van der Waals surface area contributed by atoms with Crippen LogP contribution in [0.5, 0.6) is 0 Å². The summed E-state index contributed by atoms with van der Waals surface area (Å²) in [5, 5.41) is 15.6. The van der Waals surface area contributed by atoms with Crippen molar-refractivity contribution in [2.75, 3.05) is 13.1 Å². The third-order valence-corrected chi connectivity index (χ3v) is 11.7. The fourth-order valence-electron chi connectivity index (χ4n) is 7.06. The van der Waals surface area contributed by atoms with Gasteiger partial charge in [-0.15, -0.1) is 11.8 Å². The summed E-state index contributed by atoms with van der Waals surface area (Å²) in [5.74, 6) is -2.28. The number of carbonyl (C=O) groups is 4. The maximum Gasteiger partial charge on any atom is 0.425 e. The van der Waals surface area contributed by atoms with Crippen molar-refractivity contribution in [3.63, 3.8) is 0 Å². The number of nitrogens with two attached hydrogens (primary N) is 1. The number of likely N-dealkylation sites (tertiary alicyclic amines) is 1. The average Bonchev–Trinajstić information content (AvgIpc) is 3.57. The number of fused-ring (bicyclic) bond motifs is 1. The summed E-state index contributed by atoms with van der Waals surface area (Å²) < 4.78 is 43.1. The lowest BCUT2D eigenvalue weighted by Gasteiger charge is -2.46. The first-order valence-electron chi connectivity index (χ1n) is 17.8. The molecule has 54 heavy (non-hydrogen) atoms. The second-order valence-corrected chi connectivity index (χ2v) is 18.7. The highest BCUT2D eigenvalue weighted by Gasteiger charge is 2.61. The van der Waals surface area contributed by atoms with Gasteiger partial charge in [0.15, 0.2) is 6.10 Å². The van der Waals surface area contributed by atoms with Gasteiger partial charge in [0, 0.05) is 22.6 Å². The van der Waals surface area contributed by atoms with Gasteiger partial charge in [0.1, 0.15) is 16.9 Å². The monoisotopic (exact) mass is 786 g/mol. The number of rotatable bonds is 10. The summed E-state index contributed by atoms with van der Waals surface area (Å²) in [6.07, 6.45) is -3.54. The van der Waals surface area contributed by atoms with Crippen LogP contribution in [0.3, 0.4) is 0 Å². The van der Waals surface area contributed by atoms with Crippen LogP contribution in [0.4, 0.5) is 9.59 Å². The highest BCUT2D eigenvalue weighted by Crippen LogP contribution is 2.53. The molecular formula is C38H50N4O10S2. The third-order valence-electron chi connectivity index (χ3n) is 9.31. The Kier molecular flexibility index (Phi) is 11.8. The molecule has 2 aromatic carbocycles. The zero-order valence-corrected chi connectivity index (χ0v) is 33.4. The number of hydrogen-bond acceptors (Lipinski definition) is 11. The molecule has 14 nitrogen and oxygen atoms in total. The summed E-state index contributed by atoms with van der Waals surface area (Å²) in [5.41, 5.74) is -0.424. The smallest absolute Gasteiger partial charge is 0.425 e. The number of aliphatic hydroxyl groups excluding tert-OH is 1. The van der Waals surface area contributed by atoms with E-state index in [1.54, 1.807) is 48.5 Å². The van der Waals surface area contributed by atoms with Gasteiger partial charge in [0.2, 0.25) is 5.91 Å². The number of hydrogen-bond donors (Lipinski definition) is 2. The summed E-state index contributed by atoms with van der Waals surface area (Å²) in [6, 6.07) is 17.1. The summed E-state index contributed by atoms with van der Waals surface area (Å²) >= 11 is 1.28. The molecule has 0 unspecified atom stereocenters. The Hall–Kier alpha value is -4.12. The zero-order valence-electron chi connectivity index (χ0n) is 31.8. The molecule has 0 aromatic heterocycles. The van der Waals surface area contributed by atoms with E-state index in [1.165, 1.54) is 21.6 Å². The van der Waals surface area contributed by atoms with E-state index in [1.807, 2.05) is 67.6 Å². The Balaban J connectivity index is 1.51. The normalized spacial score (nSPS) is 23.5. The van der Waals surface area contributed by atoms with Crippen LogP contribution >= 0.6 is 11.8 Å². The maximum absolute atomic E-state index is 14.4. The van der Waals surface area contributed by atoms with Gasteiger partial charge in [-0.25, -0.2) is 19.5 Å². The standard InChI is InChI=1S/C38H50N4O10S2/c1-22-29-28(23(2)43)33(44)42(29)30(34(45)50-31(24-15-11-9-12-16-24)25-17-13-10-14-18-25)32(22)53-27-19-26(40(21-27)35(46)51-37(3,4)5)20-41(54(39,48)49)36(47)52-38(6,7)8/h9-18,22-23,26-29,31,43H,19-21H2,1-8H3,(H2,39,48,49)/t22-,23-,26+,27+,28-,29-/m1/s1. The Morgan fingerprint density at radius 2 is 1.50 bits per heavy atom. The first-order chi connectivity index (χ1) is 25.1. The molecule has 3 aliphatic heterocycles. The van der Waals surface area contributed by atoms with Gasteiger partial charge in [-0.05, 0) is 66.0 Å². The Morgan fingerprint density at radius 3 is 1.98 bits per heavy atom. The molecule has 294 valence electrons. The van der Waals surface area contributed by atoms with Crippen LogP contribution in [-0.2, 0) is 34.0 Å². The molecule has 2 fully saturated rings. The van der Waals surface area contributed by atoms with Crippen LogP contribution in [0.2, 0.25) is 0 Å². The first kappa shape index (κ1) is 41.1. The fraction of sp³-hybridized carbons (Fsp3) is 0.526. The lowest BCUT2D eigenvalue weighted by atomic mass is 9.79. The molecule has 6 atom stereocenters. The predicted octanol–water partition coefficient (Wildman–Crippen LogP) is 4.94. The summed E-state index contributed by atoms with van der Waals surface area (Å²) in [6.45, 7) is 12.8. The largest absolute Gasteiger partial charge is 0.448 e. The number of esters is 1. The van der Waals surface area contributed by atoms with Crippen molar-refractivity contribution in [2.24, 2.45) is 17.0 Å². The number of aliphatic hydroxyl groups is 1. The Bertz CT molecular complexity index is 1840. The molecule has 3 aliphatic rings. The Morgan fingerprint density at radius 1 is 0.963 bits per heavy atom. The minimum Gasteiger partial charge on any atom is -0.448 e. The molecule has 0 spiro atoms. The second-order valence-electron chi connectivity index (χ2n) is 15.9. The van der Waals surface area contributed by atoms with Crippen LogP contribution < -0.4 is 5.14 Å². The van der Waals surface area contributed by atoms with E-state index < -0.39 is 93.4 Å². The van der Waals surface area contributed by atoms with E-state index in [0.717, 1.165) is 11.1 Å². The number of β-lactam (4-membered cyclic amide) rings is 1. The molecule has 2 saturated heterocycles. The van der Waals surface area contributed by atoms with E-state index in [0.29, 0.717) is 9.21 Å². The van der Waals surface area contributed by atoms with Crippen molar-refractivity contribution in [3.8, 4) is 0 Å². The van der Waals surface area contributed by atoms with E-state index in [4.69, 9.17) is 19.3 Å². The van der Waals surface area contributed by atoms with Gasteiger partial charge < -0.3 is 29.1 Å². The van der Waals surface area contributed by atoms with Gasteiger partial charge in [-0.3, -0.25) is 4.79 Å². The molecule has 3 amide bonds. The third kappa shape index (κ3) is 9.04.